The van der Waals surface area contributed by atoms with Gasteiger partial charge in [-0.1, -0.05) is 0 Å². The van der Waals surface area contributed by atoms with Crippen LogP contribution in [-0.4, -0.2) is 47.3 Å². The smallest absolute Gasteiger partial charge is 0.303 e. The summed E-state index contributed by atoms with van der Waals surface area (Å²) < 4.78 is 0. The summed E-state index contributed by atoms with van der Waals surface area (Å²) in [6, 6.07) is 0. The molecule has 0 saturated carbocycles. The molecule has 0 bridgehead atoms. The van der Waals surface area contributed by atoms with E-state index >= 15 is 0 Å². The maximum absolute atomic E-state index is 10.2. The molecule has 1 heterocycles. The van der Waals surface area contributed by atoms with Gasteiger partial charge in [-0.25, -0.2) is 0 Å². The van der Waals surface area contributed by atoms with E-state index in [2.05, 4.69) is 0 Å². The van der Waals surface area contributed by atoms with E-state index in [4.69, 9.17) is 10.2 Å². The molecule has 0 spiro atoms. The van der Waals surface area contributed by atoms with Gasteiger partial charge in [0, 0.05) is 19.6 Å². The van der Waals surface area contributed by atoms with Crippen LogP contribution in [0.1, 0.15) is 6.42 Å². The van der Waals surface area contributed by atoms with E-state index in [1.54, 1.807) is 0 Å². The molecule has 0 amide bonds. The van der Waals surface area contributed by atoms with Crippen LogP contribution in [-0.2, 0) is 4.79 Å². The first kappa shape index (κ1) is 8.49. The number of hydrogen-bond donors (Lipinski definition) is 2. The third kappa shape index (κ3) is 2.48. The normalized spacial score (nSPS) is 19.7. The van der Waals surface area contributed by atoms with Gasteiger partial charge in [0.05, 0.1) is 13.0 Å². The molecule has 0 aromatic rings. The average Bonchev–Trinajstić information content (AvgIpc) is 1.82. The van der Waals surface area contributed by atoms with Gasteiger partial charge in [-0.05, 0) is 5.92 Å². The zero-order chi connectivity index (χ0) is 8.27. The second-order valence-corrected chi connectivity index (χ2v) is 2.95. The molecule has 2 N–H and O–H groups in total. The summed E-state index contributed by atoms with van der Waals surface area (Å²) in [5, 5.41) is 16.9. The fourth-order valence-corrected chi connectivity index (χ4v) is 1.38. The van der Waals surface area contributed by atoms with E-state index in [9.17, 15) is 4.79 Å². The number of hydrogen-bond acceptors (Lipinski definition) is 3. The van der Waals surface area contributed by atoms with Crippen LogP contribution < -0.4 is 0 Å². The summed E-state index contributed by atoms with van der Waals surface area (Å²) in [5.74, 6) is -0.419. The van der Waals surface area contributed by atoms with Crippen molar-refractivity contribution in [1.29, 1.82) is 0 Å². The van der Waals surface area contributed by atoms with Gasteiger partial charge in [0.2, 0.25) is 0 Å². The number of nitrogens with zero attached hydrogens (tertiary/aromatic N) is 1. The third-order valence-electron chi connectivity index (χ3n) is 1.91. The molecule has 1 aliphatic heterocycles. The van der Waals surface area contributed by atoms with Gasteiger partial charge in [0.25, 0.3) is 0 Å². The molecule has 1 saturated heterocycles. The van der Waals surface area contributed by atoms with Crippen LogP contribution in [0.4, 0.5) is 0 Å². The molecule has 1 aliphatic rings. The Morgan fingerprint density at radius 1 is 1.55 bits per heavy atom. The zero-order valence-electron chi connectivity index (χ0n) is 6.36. The Labute approximate surface area is 65.4 Å². The molecule has 0 aromatic carbocycles. The molecule has 0 aromatic heterocycles. The highest BCUT2D eigenvalue weighted by molar-refractivity contribution is 5.67. The average molecular weight is 159 g/mol. The second-order valence-electron chi connectivity index (χ2n) is 2.95. The minimum atomic E-state index is -0.723. The van der Waals surface area contributed by atoms with Crippen LogP contribution >= 0.6 is 0 Å². The van der Waals surface area contributed by atoms with Crippen molar-refractivity contribution in [2.45, 2.75) is 6.42 Å². The number of likely N-dealkylation sites (tertiary alicyclic amines) is 1. The summed E-state index contributed by atoms with van der Waals surface area (Å²) in [4.78, 5) is 12.2. The van der Waals surface area contributed by atoms with Crippen LogP contribution in [0.25, 0.3) is 0 Å². The molecule has 4 nitrogen and oxygen atoms in total. The van der Waals surface area contributed by atoms with Gasteiger partial charge in [-0.2, -0.15) is 0 Å². The molecule has 4 heteroatoms. The number of aliphatic carboxylic acids is 1. The summed E-state index contributed by atoms with van der Waals surface area (Å²) >= 11 is 0. The van der Waals surface area contributed by atoms with Crippen LogP contribution in [0.15, 0.2) is 0 Å². The topological polar surface area (TPSA) is 60.8 Å². The van der Waals surface area contributed by atoms with Gasteiger partial charge >= 0.3 is 5.97 Å². The Bertz CT molecular complexity index is 143. The van der Waals surface area contributed by atoms with Crippen molar-refractivity contribution in [2.24, 2.45) is 5.92 Å². The molecule has 0 unspecified atom stereocenters. The molecular formula is C7H13NO3. The lowest BCUT2D eigenvalue weighted by molar-refractivity contribution is -0.139. The van der Waals surface area contributed by atoms with E-state index in [-0.39, 0.29) is 13.0 Å². The Kier molecular flexibility index (Phi) is 2.84. The number of β-amino-alcohol motifs (C(OH)–C–C–N with tert-alkyl or cyclic N) is 1. The largest absolute Gasteiger partial charge is 0.481 e. The van der Waals surface area contributed by atoms with Crippen molar-refractivity contribution in [1.82, 2.24) is 4.90 Å². The fraction of sp³-hybridized carbons (Fsp3) is 0.857. The van der Waals surface area contributed by atoms with E-state index in [0.29, 0.717) is 12.5 Å². The van der Waals surface area contributed by atoms with Crippen molar-refractivity contribution in [2.75, 3.05) is 26.2 Å². The minimum Gasteiger partial charge on any atom is -0.481 e. The Morgan fingerprint density at radius 2 is 2.18 bits per heavy atom. The van der Waals surface area contributed by atoms with E-state index < -0.39 is 5.97 Å². The first-order chi connectivity index (χ1) is 5.22. The van der Waals surface area contributed by atoms with Crippen molar-refractivity contribution in [3.8, 4) is 0 Å². The second kappa shape index (κ2) is 3.69. The fourth-order valence-electron chi connectivity index (χ4n) is 1.38. The first-order valence-electron chi connectivity index (χ1n) is 3.77. The Morgan fingerprint density at radius 3 is 2.64 bits per heavy atom. The van der Waals surface area contributed by atoms with Crippen LogP contribution in [0.5, 0.6) is 0 Å². The lowest BCUT2D eigenvalue weighted by atomic mass is 9.97. The number of carboxylic acids is 1. The number of carbonyl (C=O) groups is 1. The number of carboxylic acid groups (broad SMARTS) is 1. The molecule has 64 valence electrons. The van der Waals surface area contributed by atoms with E-state index in [1.807, 2.05) is 4.90 Å². The Hall–Kier alpha value is -0.610. The minimum absolute atomic E-state index is 0.166. The van der Waals surface area contributed by atoms with Crippen LogP contribution in [0, 0.1) is 5.92 Å². The van der Waals surface area contributed by atoms with Crippen molar-refractivity contribution in [3.05, 3.63) is 0 Å². The molecule has 0 atom stereocenters. The highest BCUT2D eigenvalue weighted by atomic mass is 16.4. The predicted octanol–water partition coefficient (Wildman–Crippen LogP) is -0.615. The summed E-state index contributed by atoms with van der Waals surface area (Å²) in [6.45, 7) is 2.50. The first-order valence-corrected chi connectivity index (χ1v) is 3.77. The van der Waals surface area contributed by atoms with Crippen molar-refractivity contribution >= 4 is 5.97 Å². The zero-order valence-corrected chi connectivity index (χ0v) is 6.36. The van der Waals surface area contributed by atoms with E-state index in [0.717, 1.165) is 13.1 Å². The number of rotatable bonds is 4. The van der Waals surface area contributed by atoms with Gasteiger partial charge in [0.15, 0.2) is 0 Å². The maximum Gasteiger partial charge on any atom is 0.303 e. The number of aliphatic hydroxyl groups is 1. The molecule has 11 heavy (non-hydrogen) atoms. The lowest BCUT2D eigenvalue weighted by Crippen LogP contribution is -2.48. The maximum atomic E-state index is 10.2. The van der Waals surface area contributed by atoms with E-state index in [1.165, 1.54) is 0 Å². The predicted molar refractivity (Wildman–Crippen MR) is 39.3 cm³/mol. The standard InChI is InChI=1S/C7H13NO3/c9-2-1-8-4-6(5-8)3-7(10)11/h6,9H,1-5H2,(H,10,11). The quantitative estimate of drug-likeness (QED) is 0.574. The van der Waals surface area contributed by atoms with Crippen LogP contribution in [0.3, 0.4) is 0 Å². The summed E-state index contributed by atoms with van der Waals surface area (Å²) in [5.41, 5.74) is 0. The van der Waals surface area contributed by atoms with Gasteiger partial charge in [0.1, 0.15) is 0 Å². The number of aliphatic hydroxyl groups excluding tert-OH is 1. The molecular weight excluding hydrogens is 146 g/mol. The highest BCUT2D eigenvalue weighted by Crippen LogP contribution is 2.17. The monoisotopic (exact) mass is 159 g/mol. The van der Waals surface area contributed by atoms with Crippen LogP contribution in [0.2, 0.25) is 0 Å². The summed E-state index contributed by atoms with van der Waals surface area (Å²) in [7, 11) is 0. The SMILES string of the molecule is O=C(O)CC1CN(CCO)C1. The van der Waals surface area contributed by atoms with Gasteiger partial charge < -0.3 is 15.1 Å². The third-order valence-corrected chi connectivity index (χ3v) is 1.91. The van der Waals surface area contributed by atoms with Crippen molar-refractivity contribution < 1.29 is 15.0 Å². The van der Waals surface area contributed by atoms with Gasteiger partial charge in [-0.3, -0.25) is 4.79 Å². The molecule has 0 radical (unpaired) electrons. The molecule has 0 aliphatic carbocycles. The highest BCUT2D eigenvalue weighted by Gasteiger charge is 2.27. The molecule has 1 rings (SSSR count). The van der Waals surface area contributed by atoms with Gasteiger partial charge in [-0.15, -0.1) is 0 Å². The Balaban J connectivity index is 2.04. The summed E-state index contributed by atoms with van der Waals surface area (Å²) in [6.07, 6.45) is 0.266. The van der Waals surface area contributed by atoms with Crippen molar-refractivity contribution in [3.63, 3.8) is 0 Å². The molecule has 1 fully saturated rings. The lowest BCUT2D eigenvalue weighted by Gasteiger charge is -2.37.